The number of ether oxygens (including phenoxy) is 2. The number of halogens is 3. The van der Waals surface area contributed by atoms with E-state index in [1.807, 2.05) is 24.3 Å². The van der Waals surface area contributed by atoms with Crippen LogP contribution in [0.15, 0.2) is 66.4 Å². The summed E-state index contributed by atoms with van der Waals surface area (Å²) in [6.07, 6.45) is 1.43. The number of rotatable bonds is 8. The molecule has 4 amide bonds. The lowest BCUT2D eigenvalue weighted by molar-refractivity contribution is -0.127. The van der Waals surface area contributed by atoms with E-state index >= 15 is 0 Å². The number of carbonyl (C=O) groups excluding carboxylic acids is 3. The van der Waals surface area contributed by atoms with Crippen LogP contribution in [0.25, 0.3) is 6.08 Å². The fourth-order valence-electron chi connectivity index (χ4n) is 3.50. The largest absolute Gasteiger partial charge is 0.495 e. The summed E-state index contributed by atoms with van der Waals surface area (Å²) in [5.74, 6) is -0.463. The molecular formula is C26H20Cl2IN3O5. The number of benzene rings is 3. The van der Waals surface area contributed by atoms with Crippen LogP contribution in [0.1, 0.15) is 11.1 Å². The molecule has 0 aromatic heterocycles. The summed E-state index contributed by atoms with van der Waals surface area (Å²) in [6.45, 7) is -0.204. The highest BCUT2D eigenvalue weighted by molar-refractivity contribution is 14.1. The summed E-state index contributed by atoms with van der Waals surface area (Å²) in [4.78, 5) is 38.5. The van der Waals surface area contributed by atoms with Crippen molar-refractivity contribution in [1.82, 2.24) is 10.2 Å². The predicted octanol–water partition coefficient (Wildman–Crippen LogP) is 5.72. The summed E-state index contributed by atoms with van der Waals surface area (Å²) in [5.41, 5.74) is 1.83. The number of nitrogens with zero attached hydrogens (tertiary/aromatic N) is 1. The van der Waals surface area contributed by atoms with Crippen LogP contribution in [0.4, 0.5) is 10.5 Å². The number of methoxy groups -OCH3 is 1. The number of hydrogen-bond acceptors (Lipinski definition) is 5. The molecule has 0 spiro atoms. The van der Waals surface area contributed by atoms with Crippen LogP contribution < -0.4 is 20.1 Å². The molecule has 8 nitrogen and oxygen atoms in total. The molecule has 0 aliphatic carbocycles. The molecule has 1 heterocycles. The van der Waals surface area contributed by atoms with Gasteiger partial charge in [0.05, 0.1) is 22.8 Å². The summed E-state index contributed by atoms with van der Waals surface area (Å²) in [6, 6.07) is 17.0. The molecule has 3 aromatic rings. The Morgan fingerprint density at radius 3 is 2.43 bits per heavy atom. The normalized spacial score (nSPS) is 14.1. The van der Waals surface area contributed by atoms with Crippen molar-refractivity contribution < 1.29 is 23.9 Å². The Bertz CT molecular complexity index is 1370. The van der Waals surface area contributed by atoms with Crippen LogP contribution in [0.2, 0.25) is 10.0 Å². The second-order valence-corrected chi connectivity index (χ2v) is 9.92. The number of carbonyl (C=O) groups is 3. The number of urea groups is 1. The third-order valence-electron chi connectivity index (χ3n) is 5.27. The van der Waals surface area contributed by atoms with E-state index in [9.17, 15) is 14.4 Å². The second kappa shape index (κ2) is 11.8. The quantitative estimate of drug-likeness (QED) is 0.185. The van der Waals surface area contributed by atoms with Gasteiger partial charge < -0.3 is 20.1 Å². The van der Waals surface area contributed by atoms with Crippen LogP contribution in [-0.4, -0.2) is 36.4 Å². The van der Waals surface area contributed by atoms with Crippen molar-refractivity contribution >= 4 is 75.4 Å². The standard InChI is InChI=1S/C26H20Cl2IN3O5/c1-36-22-5-3-2-4-20(22)30-23(33)13-32-25(34)21(31-26(32)35)12-16-10-18(27)24(19(28)11-16)37-14-15-6-8-17(29)9-7-15/h2-12H,13-14H2,1H3,(H,30,33)(H,31,35)/b21-12+. The SMILES string of the molecule is COc1ccccc1NC(=O)CN1C(=O)N/C(=C/c2cc(Cl)c(OCc3ccc(I)cc3)c(Cl)c2)C1=O. The molecule has 0 bridgehead atoms. The average Bonchev–Trinajstić information content (AvgIpc) is 3.12. The molecule has 1 aliphatic heterocycles. The van der Waals surface area contributed by atoms with Crippen LogP contribution in [0.5, 0.6) is 11.5 Å². The molecule has 0 atom stereocenters. The van der Waals surface area contributed by atoms with Crippen molar-refractivity contribution in [2.24, 2.45) is 0 Å². The van der Waals surface area contributed by atoms with Crippen molar-refractivity contribution in [3.8, 4) is 11.5 Å². The van der Waals surface area contributed by atoms with Gasteiger partial charge in [-0.15, -0.1) is 0 Å². The summed E-state index contributed by atoms with van der Waals surface area (Å²) >= 11 is 15.0. The molecule has 1 fully saturated rings. The second-order valence-electron chi connectivity index (χ2n) is 7.86. The lowest BCUT2D eigenvalue weighted by Gasteiger charge is -2.13. The van der Waals surface area contributed by atoms with Crippen LogP contribution in [-0.2, 0) is 16.2 Å². The summed E-state index contributed by atoms with van der Waals surface area (Å²) in [5, 5.41) is 5.60. The van der Waals surface area contributed by atoms with Crippen LogP contribution in [0.3, 0.4) is 0 Å². The van der Waals surface area contributed by atoms with Crippen molar-refractivity contribution in [1.29, 1.82) is 0 Å². The van der Waals surface area contributed by atoms with Crippen molar-refractivity contribution in [2.45, 2.75) is 6.61 Å². The maximum absolute atomic E-state index is 12.8. The van der Waals surface area contributed by atoms with Gasteiger partial charge in [-0.3, -0.25) is 9.59 Å². The monoisotopic (exact) mass is 651 g/mol. The van der Waals surface area contributed by atoms with Crippen molar-refractivity contribution in [2.75, 3.05) is 19.0 Å². The van der Waals surface area contributed by atoms with Crippen LogP contribution >= 0.6 is 45.8 Å². The molecule has 0 radical (unpaired) electrons. The first-order valence-corrected chi connectivity index (χ1v) is 12.7. The molecule has 3 aromatic carbocycles. The average molecular weight is 652 g/mol. The van der Waals surface area contributed by atoms with Gasteiger partial charge in [-0.2, -0.15) is 0 Å². The van der Waals surface area contributed by atoms with Gasteiger partial charge in [-0.05, 0) is 76.2 Å². The molecule has 0 unspecified atom stereocenters. The van der Waals surface area contributed by atoms with Crippen molar-refractivity contribution in [3.05, 3.63) is 91.1 Å². The van der Waals surface area contributed by atoms with Gasteiger partial charge in [-0.1, -0.05) is 47.5 Å². The number of amides is 4. The van der Waals surface area contributed by atoms with Gasteiger partial charge in [0.25, 0.3) is 5.91 Å². The predicted molar refractivity (Wildman–Crippen MR) is 150 cm³/mol. The molecule has 4 rings (SSSR count). The third-order valence-corrected chi connectivity index (χ3v) is 6.55. The highest BCUT2D eigenvalue weighted by atomic mass is 127. The van der Waals surface area contributed by atoms with Gasteiger partial charge in [0.2, 0.25) is 5.91 Å². The molecular weight excluding hydrogens is 632 g/mol. The Hall–Kier alpha value is -3.28. The molecule has 37 heavy (non-hydrogen) atoms. The van der Waals surface area contributed by atoms with E-state index in [1.54, 1.807) is 36.4 Å². The summed E-state index contributed by atoms with van der Waals surface area (Å²) in [7, 11) is 1.47. The van der Waals surface area contributed by atoms with Crippen LogP contribution in [0, 0.1) is 3.57 Å². The molecule has 2 N–H and O–H groups in total. The third kappa shape index (κ3) is 6.54. The van der Waals surface area contributed by atoms with E-state index in [0.29, 0.717) is 22.7 Å². The van der Waals surface area contributed by atoms with Gasteiger partial charge in [-0.25, -0.2) is 9.69 Å². The smallest absolute Gasteiger partial charge is 0.329 e. The van der Waals surface area contributed by atoms with E-state index in [2.05, 4.69) is 33.2 Å². The minimum absolute atomic E-state index is 0.0187. The van der Waals surface area contributed by atoms with Crippen molar-refractivity contribution in [3.63, 3.8) is 0 Å². The summed E-state index contributed by atoms with van der Waals surface area (Å²) < 4.78 is 12.1. The van der Waals surface area contributed by atoms with E-state index in [1.165, 1.54) is 13.2 Å². The zero-order valence-electron chi connectivity index (χ0n) is 19.4. The van der Waals surface area contributed by atoms with E-state index < -0.39 is 24.4 Å². The number of hydrogen-bond donors (Lipinski definition) is 2. The zero-order valence-corrected chi connectivity index (χ0v) is 23.1. The van der Waals surface area contributed by atoms with Gasteiger partial charge in [0.1, 0.15) is 24.6 Å². The fraction of sp³-hybridized carbons (Fsp3) is 0.115. The lowest BCUT2D eigenvalue weighted by Crippen LogP contribution is -2.38. The molecule has 0 saturated carbocycles. The molecule has 11 heteroatoms. The Kier molecular flexibility index (Phi) is 8.57. The first kappa shape index (κ1) is 26.8. The fourth-order valence-corrected chi connectivity index (χ4v) is 4.47. The highest BCUT2D eigenvalue weighted by Gasteiger charge is 2.35. The topological polar surface area (TPSA) is 97.0 Å². The van der Waals surface area contributed by atoms with Gasteiger partial charge in [0, 0.05) is 3.57 Å². The molecule has 1 saturated heterocycles. The number of para-hydroxylation sites is 2. The number of anilines is 1. The zero-order chi connectivity index (χ0) is 26.5. The minimum atomic E-state index is -0.721. The minimum Gasteiger partial charge on any atom is -0.495 e. The Balaban J connectivity index is 1.44. The van der Waals surface area contributed by atoms with E-state index in [0.717, 1.165) is 14.0 Å². The first-order valence-electron chi connectivity index (χ1n) is 10.9. The first-order chi connectivity index (χ1) is 17.7. The van der Waals surface area contributed by atoms with E-state index in [4.69, 9.17) is 32.7 Å². The van der Waals surface area contributed by atoms with Gasteiger partial charge >= 0.3 is 6.03 Å². The Morgan fingerprint density at radius 1 is 1.08 bits per heavy atom. The lowest BCUT2D eigenvalue weighted by atomic mass is 10.1. The maximum Gasteiger partial charge on any atom is 0.329 e. The maximum atomic E-state index is 12.8. The van der Waals surface area contributed by atoms with E-state index in [-0.39, 0.29) is 22.3 Å². The Morgan fingerprint density at radius 2 is 1.76 bits per heavy atom. The number of nitrogens with one attached hydrogen (secondary N) is 2. The Labute approximate surface area is 236 Å². The highest BCUT2D eigenvalue weighted by Crippen LogP contribution is 2.35. The molecule has 190 valence electrons. The number of imide groups is 1. The van der Waals surface area contributed by atoms with Gasteiger partial charge in [0.15, 0.2) is 5.75 Å². The molecule has 1 aliphatic rings.